The third kappa shape index (κ3) is 4.84. The molecule has 5 aromatic rings. The molecule has 0 radical (unpaired) electrons. The Balaban J connectivity index is 1.36. The topological polar surface area (TPSA) is 79.8 Å². The summed E-state index contributed by atoms with van der Waals surface area (Å²) in [7, 11) is 0. The second-order valence-corrected chi connectivity index (χ2v) is 8.81. The van der Waals surface area contributed by atoms with E-state index in [4.69, 9.17) is 11.6 Å². The standard InChI is InChI=1S/C25H18ClN5OS/c1-15-27-21(16-6-3-2-4-7-16)14-23(28-15)29-19-9-5-8-17(12-19)24(32)31-25-30-20-11-10-18(26)13-22(20)33-25/h2-14H,1H3,(H,27,28,29)(H,30,31,32). The van der Waals surface area contributed by atoms with Crippen LogP contribution in [0.5, 0.6) is 0 Å². The highest BCUT2D eigenvalue weighted by atomic mass is 35.5. The van der Waals surface area contributed by atoms with Gasteiger partial charge in [-0.25, -0.2) is 15.0 Å². The Morgan fingerprint density at radius 3 is 2.61 bits per heavy atom. The van der Waals surface area contributed by atoms with E-state index in [2.05, 4.69) is 25.6 Å². The SMILES string of the molecule is Cc1nc(Nc2cccc(C(=O)Nc3nc4ccc(Cl)cc4s3)c2)cc(-c2ccccc2)n1. The van der Waals surface area contributed by atoms with Gasteiger partial charge in [0.25, 0.3) is 5.91 Å². The first-order valence-electron chi connectivity index (χ1n) is 10.2. The summed E-state index contributed by atoms with van der Waals surface area (Å²) >= 11 is 7.43. The molecule has 3 aromatic carbocycles. The van der Waals surface area contributed by atoms with Crippen LogP contribution in [0.4, 0.5) is 16.6 Å². The molecule has 0 saturated carbocycles. The molecule has 0 aliphatic heterocycles. The zero-order chi connectivity index (χ0) is 22.8. The molecule has 6 nitrogen and oxygen atoms in total. The number of aryl methyl sites for hydroxylation is 1. The minimum Gasteiger partial charge on any atom is -0.340 e. The lowest BCUT2D eigenvalue weighted by Crippen LogP contribution is -2.11. The molecule has 33 heavy (non-hydrogen) atoms. The van der Waals surface area contributed by atoms with Crippen molar-refractivity contribution < 1.29 is 4.79 Å². The number of halogens is 1. The van der Waals surface area contributed by atoms with Crippen molar-refractivity contribution >= 4 is 55.7 Å². The van der Waals surface area contributed by atoms with E-state index in [-0.39, 0.29) is 5.91 Å². The molecular formula is C25H18ClN5OS. The number of aromatic nitrogens is 3. The predicted octanol–water partition coefficient (Wildman–Crippen LogP) is 6.71. The van der Waals surface area contributed by atoms with E-state index in [9.17, 15) is 4.79 Å². The van der Waals surface area contributed by atoms with E-state index >= 15 is 0 Å². The molecule has 0 atom stereocenters. The lowest BCUT2D eigenvalue weighted by Gasteiger charge is -2.10. The van der Waals surface area contributed by atoms with Gasteiger partial charge >= 0.3 is 0 Å². The van der Waals surface area contributed by atoms with Crippen molar-refractivity contribution in [3.63, 3.8) is 0 Å². The van der Waals surface area contributed by atoms with Gasteiger partial charge in [-0.15, -0.1) is 0 Å². The summed E-state index contributed by atoms with van der Waals surface area (Å²) in [5, 5.41) is 7.31. The van der Waals surface area contributed by atoms with Crippen LogP contribution in [0.15, 0.2) is 78.9 Å². The molecule has 0 aliphatic rings. The molecule has 0 unspecified atom stereocenters. The Labute approximate surface area is 199 Å². The molecule has 0 bridgehead atoms. The van der Waals surface area contributed by atoms with Crippen molar-refractivity contribution in [3.8, 4) is 11.3 Å². The van der Waals surface area contributed by atoms with Crippen LogP contribution in [0.25, 0.3) is 21.5 Å². The number of benzene rings is 3. The Bertz CT molecular complexity index is 1470. The van der Waals surface area contributed by atoms with Crippen molar-refractivity contribution in [1.82, 2.24) is 15.0 Å². The molecule has 0 fully saturated rings. The average molecular weight is 472 g/mol. The molecular weight excluding hydrogens is 454 g/mol. The van der Waals surface area contributed by atoms with E-state index in [1.54, 1.807) is 18.2 Å². The molecule has 2 heterocycles. The first-order valence-corrected chi connectivity index (χ1v) is 11.4. The van der Waals surface area contributed by atoms with Crippen molar-refractivity contribution in [1.29, 1.82) is 0 Å². The Morgan fingerprint density at radius 1 is 0.909 bits per heavy atom. The van der Waals surface area contributed by atoms with Gasteiger partial charge in [0.2, 0.25) is 0 Å². The summed E-state index contributed by atoms with van der Waals surface area (Å²) < 4.78 is 0.918. The Kier molecular flexibility index (Phi) is 5.73. The fourth-order valence-electron chi connectivity index (χ4n) is 3.40. The van der Waals surface area contributed by atoms with Crippen molar-refractivity contribution in [2.45, 2.75) is 6.92 Å². The van der Waals surface area contributed by atoms with Gasteiger partial charge < -0.3 is 5.32 Å². The number of hydrogen-bond acceptors (Lipinski definition) is 6. The maximum atomic E-state index is 12.8. The van der Waals surface area contributed by atoms with E-state index < -0.39 is 0 Å². The first-order chi connectivity index (χ1) is 16.0. The average Bonchev–Trinajstić information content (AvgIpc) is 3.20. The Hall–Kier alpha value is -3.81. The molecule has 162 valence electrons. The maximum Gasteiger partial charge on any atom is 0.257 e. The number of hydrogen-bond donors (Lipinski definition) is 2. The number of anilines is 3. The normalized spacial score (nSPS) is 10.8. The summed E-state index contributed by atoms with van der Waals surface area (Å²) in [6.45, 7) is 1.85. The zero-order valence-corrected chi connectivity index (χ0v) is 19.1. The molecule has 2 N–H and O–H groups in total. The van der Waals surface area contributed by atoms with Crippen LogP contribution >= 0.6 is 22.9 Å². The number of rotatable bonds is 5. The third-order valence-corrected chi connectivity index (χ3v) is 6.04. The lowest BCUT2D eigenvalue weighted by atomic mass is 10.1. The van der Waals surface area contributed by atoms with Gasteiger partial charge in [0.15, 0.2) is 5.13 Å². The van der Waals surface area contributed by atoms with Crippen LogP contribution in [-0.4, -0.2) is 20.9 Å². The summed E-state index contributed by atoms with van der Waals surface area (Å²) in [6, 6.07) is 24.5. The molecule has 5 rings (SSSR count). The van der Waals surface area contributed by atoms with Crippen LogP contribution in [0, 0.1) is 6.92 Å². The van der Waals surface area contributed by atoms with Crippen molar-refractivity contribution in [3.05, 3.63) is 95.3 Å². The fourth-order valence-corrected chi connectivity index (χ4v) is 4.53. The lowest BCUT2D eigenvalue weighted by molar-refractivity contribution is 0.102. The van der Waals surface area contributed by atoms with E-state index in [1.165, 1.54) is 11.3 Å². The second-order valence-electron chi connectivity index (χ2n) is 7.34. The van der Waals surface area contributed by atoms with Gasteiger partial charge in [0.05, 0.1) is 15.9 Å². The van der Waals surface area contributed by atoms with Crippen LogP contribution in [-0.2, 0) is 0 Å². The number of amides is 1. The number of carbonyl (C=O) groups is 1. The molecule has 8 heteroatoms. The Morgan fingerprint density at radius 2 is 1.76 bits per heavy atom. The van der Waals surface area contributed by atoms with E-state index in [0.717, 1.165) is 27.2 Å². The first kappa shape index (κ1) is 21.1. The van der Waals surface area contributed by atoms with Crippen LogP contribution in [0.3, 0.4) is 0 Å². The summed E-state index contributed by atoms with van der Waals surface area (Å²) in [6.07, 6.45) is 0. The number of nitrogens with one attached hydrogen (secondary N) is 2. The smallest absolute Gasteiger partial charge is 0.257 e. The number of carbonyl (C=O) groups excluding carboxylic acids is 1. The minimum absolute atomic E-state index is 0.243. The molecule has 0 saturated heterocycles. The maximum absolute atomic E-state index is 12.8. The quantitative estimate of drug-likeness (QED) is 0.297. The predicted molar refractivity (Wildman–Crippen MR) is 135 cm³/mol. The summed E-state index contributed by atoms with van der Waals surface area (Å²) in [4.78, 5) is 26.3. The third-order valence-electron chi connectivity index (χ3n) is 4.88. The summed E-state index contributed by atoms with van der Waals surface area (Å²) in [5.41, 5.74) is 3.89. The molecule has 1 amide bonds. The minimum atomic E-state index is -0.243. The van der Waals surface area contributed by atoms with Crippen molar-refractivity contribution in [2.24, 2.45) is 0 Å². The van der Waals surface area contributed by atoms with Gasteiger partial charge in [-0.2, -0.15) is 0 Å². The van der Waals surface area contributed by atoms with Gasteiger partial charge in [-0.1, -0.05) is 59.3 Å². The van der Waals surface area contributed by atoms with Gasteiger partial charge in [-0.3, -0.25) is 10.1 Å². The second kappa shape index (κ2) is 8.97. The summed E-state index contributed by atoms with van der Waals surface area (Å²) in [5.74, 6) is 1.07. The zero-order valence-electron chi connectivity index (χ0n) is 17.5. The van der Waals surface area contributed by atoms with Crippen LogP contribution in [0.2, 0.25) is 5.02 Å². The fraction of sp³-hybridized carbons (Fsp3) is 0.0400. The monoisotopic (exact) mass is 471 g/mol. The van der Waals surface area contributed by atoms with Gasteiger partial charge in [-0.05, 0) is 43.3 Å². The number of thiazole rings is 1. The highest BCUT2D eigenvalue weighted by Crippen LogP contribution is 2.29. The van der Waals surface area contributed by atoms with E-state index in [0.29, 0.717) is 27.4 Å². The highest BCUT2D eigenvalue weighted by molar-refractivity contribution is 7.22. The van der Waals surface area contributed by atoms with Crippen molar-refractivity contribution in [2.75, 3.05) is 10.6 Å². The number of nitrogens with zero attached hydrogens (tertiary/aromatic N) is 3. The van der Waals surface area contributed by atoms with Crippen LogP contribution in [0.1, 0.15) is 16.2 Å². The molecule has 0 aliphatic carbocycles. The number of fused-ring (bicyclic) bond motifs is 1. The largest absolute Gasteiger partial charge is 0.340 e. The molecule has 0 spiro atoms. The highest BCUT2D eigenvalue weighted by Gasteiger charge is 2.12. The van der Waals surface area contributed by atoms with Crippen LogP contribution < -0.4 is 10.6 Å². The molecule has 2 aromatic heterocycles. The van der Waals surface area contributed by atoms with Gasteiger partial charge in [0.1, 0.15) is 11.6 Å². The van der Waals surface area contributed by atoms with E-state index in [1.807, 2.05) is 67.6 Å². The van der Waals surface area contributed by atoms with Gasteiger partial charge in [0, 0.05) is 27.9 Å².